The fourth-order valence-corrected chi connectivity index (χ4v) is 1.62. The molecule has 0 aliphatic carbocycles. The molecule has 0 unspecified atom stereocenters. The van der Waals surface area contributed by atoms with Crippen LogP contribution in [0.25, 0.3) is 11.0 Å². The number of hydrogen-bond acceptors (Lipinski definition) is 2. The highest BCUT2D eigenvalue weighted by Gasteiger charge is 2.07. The normalized spacial score (nSPS) is 13.5. The lowest BCUT2D eigenvalue weighted by Crippen LogP contribution is -1.85. The van der Waals surface area contributed by atoms with Gasteiger partial charge in [-0.3, -0.25) is 0 Å². The highest BCUT2D eigenvalue weighted by molar-refractivity contribution is 9.10. The van der Waals surface area contributed by atoms with Gasteiger partial charge in [-0.05, 0) is 31.2 Å². The Labute approximate surface area is 84.3 Å². The van der Waals surface area contributed by atoms with Gasteiger partial charge in [0.2, 0.25) is 0 Å². The van der Waals surface area contributed by atoms with Crippen molar-refractivity contribution in [1.29, 1.82) is 0 Å². The molecule has 0 spiro atoms. The largest absolute Gasteiger partial charge is 0.458 e. The number of rotatable bonds is 1. The predicted molar refractivity (Wildman–Crippen MR) is 54.5 cm³/mol. The molecule has 13 heavy (non-hydrogen) atoms. The third-order valence-corrected chi connectivity index (χ3v) is 2.40. The summed E-state index contributed by atoms with van der Waals surface area (Å²) < 4.78 is 6.43. The van der Waals surface area contributed by atoms with E-state index < -0.39 is 6.10 Å². The predicted octanol–water partition coefficient (Wildman–Crippen LogP) is 3.25. The summed E-state index contributed by atoms with van der Waals surface area (Å²) in [4.78, 5) is 0. The van der Waals surface area contributed by atoms with Crippen molar-refractivity contribution in [3.8, 4) is 0 Å². The van der Waals surface area contributed by atoms with Crippen LogP contribution in [0.1, 0.15) is 18.8 Å². The number of hydrogen-bond donors (Lipinski definition) is 1. The van der Waals surface area contributed by atoms with Gasteiger partial charge in [-0.15, -0.1) is 0 Å². The Morgan fingerprint density at radius 1 is 1.38 bits per heavy atom. The van der Waals surface area contributed by atoms with Crippen LogP contribution in [0.4, 0.5) is 0 Å². The van der Waals surface area contributed by atoms with Crippen LogP contribution in [-0.4, -0.2) is 5.11 Å². The Morgan fingerprint density at radius 3 is 2.85 bits per heavy atom. The first kappa shape index (κ1) is 8.78. The van der Waals surface area contributed by atoms with Crippen molar-refractivity contribution >= 4 is 26.9 Å². The number of furan rings is 1. The van der Waals surface area contributed by atoms with Crippen molar-refractivity contribution in [2.24, 2.45) is 0 Å². The lowest BCUT2D eigenvalue weighted by atomic mass is 10.2. The summed E-state index contributed by atoms with van der Waals surface area (Å²) in [6, 6.07) is 7.61. The second-order valence-corrected chi connectivity index (χ2v) is 3.92. The molecule has 2 nitrogen and oxygen atoms in total. The summed E-state index contributed by atoms with van der Waals surface area (Å²) in [7, 11) is 0. The van der Waals surface area contributed by atoms with Crippen LogP contribution in [0, 0.1) is 0 Å². The maximum Gasteiger partial charge on any atom is 0.134 e. The lowest BCUT2D eigenvalue weighted by Gasteiger charge is -1.95. The van der Waals surface area contributed by atoms with Gasteiger partial charge in [-0.1, -0.05) is 15.9 Å². The Bertz CT molecular complexity index is 431. The molecule has 0 fully saturated rings. The van der Waals surface area contributed by atoms with Crippen molar-refractivity contribution in [3.05, 3.63) is 34.5 Å². The molecule has 2 aromatic rings. The summed E-state index contributed by atoms with van der Waals surface area (Å²) in [5.41, 5.74) is 0.805. The number of benzene rings is 1. The van der Waals surface area contributed by atoms with Gasteiger partial charge in [0.05, 0.1) is 0 Å². The zero-order valence-electron chi connectivity index (χ0n) is 7.12. The summed E-state index contributed by atoms with van der Waals surface area (Å²) in [5.74, 6) is 0.605. The summed E-state index contributed by atoms with van der Waals surface area (Å²) in [6.07, 6.45) is -0.550. The van der Waals surface area contributed by atoms with Crippen molar-refractivity contribution in [2.45, 2.75) is 13.0 Å². The number of fused-ring (bicyclic) bond motifs is 1. The van der Waals surface area contributed by atoms with Crippen LogP contribution >= 0.6 is 15.9 Å². The molecule has 1 heterocycles. The quantitative estimate of drug-likeness (QED) is 0.831. The molecule has 0 aliphatic heterocycles. The van der Waals surface area contributed by atoms with Crippen molar-refractivity contribution in [1.82, 2.24) is 0 Å². The highest BCUT2D eigenvalue weighted by Crippen LogP contribution is 2.26. The fraction of sp³-hybridized carbons (Fsp3) is 0.200. The Kier molecular flexibility index (Phi) is 2.14. The Hall–Kier alpha value is -0.800. The lowest BCUT2D eigenvalue weighted by molar-refractivity contribution is 0.172. The van der Waals surface area contributed by atoms with E-state index in [1.807, 2.05) is 24.3 Å². The minimum atomic E-state index is -0.550. The first-order valence-corrected chi connectivity index (χ1v) is 4.83. The van der Waals surface area contributed by atoms with E-state index in [4.69, 9.17) is 4.42 Å². The molecule has 68 valence electrons. The van der Waals surface area contributed by atoms with Gasteiger partial charge in [-0.25, -0.2) is 0 Å². The second kappa shape index (κ2) is 3.16. The van der Waals surface area contributed by atoms with Crippen LogP contribution in [0.3, 0.4) is 0 Å². The molecule has 0 saturated heterocycles. The molecule has 0 amide bonds. The van der Waals surface area contributed by atoms with E-state index in [9.17, 15) is 5.11 Å². The standard InChI is InChI=1S/C10H9BrO2/c1-6(12)10-5-7-4-8(11)2-3-9(7)13-10/h2-6,12H,1H3/t6-/m0/s1. The first-order valence-electron chi connectivity index (χ1n) is 4.04. The molecular formula is C10H9BrO2. The topological polar surface area (TPSA) is 33.4 Å². The third-order valence-electron chi connectivity index (χ3n) is 1.91. The summed E-state index contributed by atoms with van der Waals surface area (Å²) in [6.45, 7) is 1.69. The average Bonchev–Trinajstić information content (AvgIpc) is 2.46. The van der Waals surface area contributed by atoms with E-state index in [1.54, 1.807) is 6.92 Å². The third kappa shape index (κ3) is 1.62. The smallest absolute Gasteiger partial charge is 0.134 e. The molecule has 0 saturated carbocycles. The fourth-order valence-electron chi connectivity index (χ4n) is 1.24. The van der Waals surface area contributed by atoms with Crippen molar-refractivity contribution < 1.29 is 9.52 Å². The second-order valence-electron chi connectivity index (χ2n) is 3.01. The Morgan fingerprint density at radius 2 is 2.15 bits per heavy atom. The van der Waals surface area contributed by atoms with E-state index in [2.05, 4.69) is 15.9 Å². The number of aliphatic hydroxyl groups is 1. The summed E-state index contributed by atoms with van der Waals surface area (Å²) >= 11 is 3.37. The zero-order valence-corrected chi connectivity index (χ0v) is 8.71. The van der Waals surface area contributed by atoms with E-state index in [-0.39, 0.29) is 0 Å². The Balaban J connectivity index is 2.62. The number of halogens is 1. The van der Waals surface area contributed by atoms with E-state index in [0.717, 1.165) is 15.4 Å². The van der Waals surface area contributed by atoms with Crippen LogP contribution in [0.15, 0.2) is 33.2 Å². The molecule has 0 aliphatic rings. The number of aliphatic hydroxyl groups excluding tert-OH is 1. The highest BCUT2D eigenvalue weighted by atomic mass is 79.9. The SMILES string of the molecule is C[C@H](O)c1cc2cc(Br)ccc2o1. The van der Waals surface area contributed by atoms with Crippen molar-refractivity contribution in [3.63, 3.8) is 0 Å². The van der Waals surface area contributed by atoms with Gasteiger partial charge in [0.25, 0.3) is 0 Å². The van der Waals surface area contributed by atoms with E-state index >= 15 is 0 Å². The molecule has 2 rings (SSSR count). The molecular weight excluding hydrogens is 232 g/mol. The molecule has 1 N–H and O–H groups in total. The van der Waals surface area contributed by atoms with Crippen LogP contribution in [0.2, 0.25) is 0 Å². The molecule has 3 heteroatoms. The molecule has 0 radical (unpaired) electrons. The molecule has 1 aromatic carbocycles. The van der Waals surface area contributed by atoms with Crippen LogP contribution in [-0.2, 0) is 0 Å². The van der Waals surface area contributed by atoms with Gasteiger partial charge in [0.1, 0.15) is 17.4 Å². The minimum Gasteiger partial charge on any atom is -0.458 e. The maximum absolute atomic E-state index is 9.29. The summed E-state index contributed by atoms with van der Waals surface area (Å²) in [5, 5.41) is 10.3. The van der Waals surface area contributed by atoms with Gasteiger partial charge in [-0.2, -0.15) is 0 Å². The molecule has 1 atom stereocenters. The van der Waals surface area contributed by atoms with Crippen LogP contribution < -0.4 is 0 Å². The minimum absolute atomic E-state index is 0.550. The van der Waals surface area contributed by atoms with E-state index in [1.165, 1.54) is 0 Å². The monoisotopic (exact) mass is 240 g/mol. The molecule has 1 aromatic heterocycles. The zero-order chi connectivity index (χ0) is 9.42. The van der Waals surface area contributed by atoms with Gasteiger partial charge >= 0.3 is 0 Å². The molecule has 0 bridgehead atoms. The van der Waals surface area contributed by atoms with Crippen molar-refractivity contribution in [2.75, 3.05) is 0 Å². The van der Waals surface area contributed by atoms with Gasteiger partial charge in [0.15, 0.2) is 0 Å². The maximum atomic E-state index is 9.29. The van der Waals surface area contributed by atoms with Crippen LogP contribution in [0.5, 0.6) is 0 Å². The average molecular weight is 241 g/mol. The van der Waals surface area contributed by atoms with Gasteiger partial charge in [0, 0.05) is 9.86 Å². The first-order chi connectivity index (χ1) is 6.16. The van der Waals surface area contributed by atoms with E-state index in [0.29, 0.717) is 5.76 Å². The van der Waals surface area contributed by atoms with Gasteiger partial charge < -0.3 is 9.52 Å².